The van der Waals surface area contributed by atoms with Crippen molar-refractivity contribution in [3.8, 4) is 5.75 Å². The lowest BCUT2D eigenvalue weighted by molar-refractivity contribution is -0.384. The summed E-state index contributed by atoms with van der Waals surface area (Å²) in [4.78, 5) is 26.1. The molecule has 0 radical (unpaired) electrons. The predicted molar refractivity (Wildman–Crippen MR) is 111 cm³/mol. The number of nitro groups is 1. The third-order valence-corrected chi connectivity index (χ3v) is 5.66. The molecule has 2 aromatic carbocycles. The number of nitrogens with zero attached hydrogens (tertiary/aromatic N) is 2. The summed E-state index contributed by atoms with van der Waals surface area (Å²) in [5.41, 5.74) is 3.99. The SMILES string of the molecule is Cc1cc(C)c2c(c1)C(NC(=O)c1ccc(N3CCCC3)c([N+](=O)[O-])c1)CCO2. The van der Waals surface area contributed by atoms with Gasteiger partial charge in [-0.05, 0) is 44.4 Å². The van der Waals surface area contributed by atoms with Gasteiger partial charge in [0, 0.05) is 36.7 Å². The first-order valence-electron chi connectivity index (χ1n) is 10.0. The van der Waals surface area contributed by atoms with Crippen LogP contribution in [0, 0.1) is 24.0 Å². The molecular weight excluding hydrogens is 370 g/mol. The Balaban J connectivity index is 1.60. The molecular formula is C22H25N3O4. The molecule has 2 aromatic rings. The second-order valence-electron chi connectivity index (χ2n) is 7.82. The van der Waals surface area contributed by atoms with Crippen LogP contribution >= 0.6 is 0 Å². The summed E-state index contributed by atoms with van der Waals surface area (Å²) in [5, 5.41) is 14.7. The van der Waals surface area contributed by atoms with Gasteiger partial charge < -0.3 is 15.0 Å². The van der Waals surface area contributed by atoms with Crippen LogP contribution < -0.4 is 15.0 Å². The van der Waals surface area contributed by atoms with Crippen LogP contribution in [0.2, 0.25) is 0 Å². The van der Waals surface area contributed by atoms with E-state index >= 15 is 0 Å². The fourth-order valence-electron chi connectivity index (χ4n) is 4.31. The van der Waals surface area contributed by atoms with E-state index in [0.717, 1.165) is 48.4 Å². The average Bonchev–Trinajstić information content (AvgIpc) is 3.22. The molecule has 1 saturated heterocycles. The molecule has 0 saturated carbocycles. The fourth-order valence-corrected chi connectivity index (χ4v) is 4.31. The number of ether oxygens (including phenoxy) is 1. The van der Waals surface area contributed by atoms with Crippen molar-refractivity contribution in [3.05, 3.63) is 62.7 Å². The number of fused-ring (bicyclic) bond motifs is 1. The Kier molecular flexibility index (Phi) is 5.13. The van der Waals surface area contributed by atoms with E-state index in [4.69, 9.17) is 4.74 Å². The van der Waals surface area contributed by atoms with Gasteiger partial charge in [0.05, 0.1) is 17.6 Å². The molecule has 1 atom stereocenters. The van der Waals surface area contributed by atoms with Crippen LogP contribution in [0.5, 0.6) is 5.75 Å². The quantitative estimate of drug-likeness (QED) is 0.623. The summed E-state index contributed by atoms with van der Waals surface area (Å²) in [6.45, 7) is 6.15. The molecule has 1 amide bonds. The number of carbonyl (C=O) groups is 1. The third kappa shape index (κ3) is 3.77. The summed E-state index contributed by atoms with van der Waals surface area (Å²) >= 11 is 0. The Labute approximate surface area is 169 Å². The van der Waals surface area contributed by atoms with Crippen molar-refractivity contribution in [2.75, 3.05) is 24.6 Å². The second-order valence-corrected chi connectivity index (χ2v) is 7.82. The number of amides is 1. The topological polar surface area (TPSA) is 84.7 Å². The van der Waals surface area contributed by atoms with Crippen molar-refractivity contribution < 1.29 is 14.5 Å². The highest BCUT2D eigenvalue weighted by atomic mass is 16.6. The van der Waals surface area contributed by atoms with Crippen molar-refractivity contribution in [2.24, 2.45) is 0 Å². The van der Waals surface area contributed by atoms with E-state index in [1.165, 1.54) is 6.07 Å². The van der Waals surface area contributed by atoms with Gasteiger partial charge in [-0.15, -0.1) is 0 Å². The molecule has 2 aliphatic heterocycles. The minimum atomic E-state index is -0.402. The number of aryl methyl sites for hydroxylation is 2. The lowest BCUT2D eigenvalue weighted by Crippen LogP contribution is -2.32. The molecule has 0 aliphatic carbocycles. The molecule has 152 valence electrons. The smallest absolute Gasteiger partial charge is 0.293 e. The first-order chi connectivity index (χ1) is 13.9. The highest BCUT2D eigenvalue weighted by molar-refractivity contribution is 5.96. The molecule has 7 heteroatoms. The first-order valence-corrected chi connectivity index (χ1v) is 10.0. The predicted octanol–water partition coefficient (Wildman–Crippen LogP) is 4.07. The maximum Gasteiger partial charge on any atom is 0.293 e. The van der Waals surface area contributed by atoms with Gasteiger partial charge in [0.1, 0.15) is 11.4 Å². The maximum atomic E-state index is 12.9. The standard InChI is InChI=1S/C22H25N3O4/c1-14-11-15(2)21-17(12-14)18(7-10-29-21)23-22(26)16-5-6-19(20(13-16)25(27)28)24-8-3-4-9-24/h5-6,11-13,18H,3-4,7-10H2,1-2H3,(H,23,26). The highest BCUT2D eigenvalue weighted by Gasteiger charge is 2.27. The Morgan fingerprint density at radius 2 is 1.97 bits per heavy atom. The van der Waals surface area contributed by atoms with E-state index in [-0.39, 0.29) is 17.6 Å². The molecule has 29 heavy (non-hydrogen) atoms. The molecule has 0 bridgehead atoms. The van der Waals surface area contributed by atoms with Gasteiger partial charge in [-0.2, -0.15) is 0 Å². The largest absolute Gasteiger partial charge is 0.493 e. The number of nitrogens with one attached hydrogen (secondary N) is 1. The summed E-state index contributed by atoms with van der Waals surface area (Å²) < 4.78 is 5.80. The van der Waals surface area contributed by atoms with E-state index in [1.54, 1.807) is 12.1 Å². The van der Waals surface area contributed by atoms with Gasteiger partial charge in [0.2, 0.25) is 0 Å². The van der Waals surface area contributed by atoms with Crippen molar-refractivity contribution in [1.29, 1.82) is 0 Å². The summed E-state index contributed by atoms with van der Waals surface area (Å²) in [7, 11) is 0. The van der Waals surface area contributed by atoms with Crippen molar-refractivity contribution in [3.63, 3.8) is 0 Å². The van der Waals surface area contributed by atoms with Crippen LogP contribution in [0.25, 0.3) is 0 Å². The highest BCUT2D eigenvalue weighted by Crippen LogP contribution is 2.36. The van der Waals surface area contributed by atoms with Crippen molar-refractivity contribution in [1.82, 2.24) is 5.32 Å². The normalized spacial score (nSPS) is 18.1. The number of hydrogen-bond acceptors (Lipinski definition) is 5. The lowest BCUT2D eigenvalue weighted by atomic mass is 9.95. The number of carbonyl (C=O) groups excluding carboxylic acids is 1. The van der Waals surface area contributed by atoms with Crippen molar-refractivity contribution in [2.45, 2.75) is 39.2 Å². The lowest BCUT2D eigenvalue weighted by Gasteiger charge is -2.28. The molecule has 2 heterocycles. The fraction of sp³-hybridized carbons (Fsp3) is 0.409. The molecule has 1 unspecified atom stereocenters. The van der Waals surface area contributed by atoms with E-state index < -0.39 is 4.92 Å². The van der Waals surface area contributed by atoms with E-state index in [0.29, 0.717) is 24.3 Å². The van der Waals surface area contributed by atoms with Crippen LogP contribution in [-0.4, -0.2) is 30.5 Å². The van der Waals surface area contributed by atoms with E-state index in [1.807, 2.05) is 24.8 Å². The second kappa shape index (κ2) is 7.73. The van der Waals surface area contributed by atoms with Gasteiger partial charge in [0.15, 0.2) is 0 Å². The molecule has 4 rings (SSSR count). The third-order valence-electron chi connectivity index (χ3n) is 5.66. The molecule has 0 aromatic heterocycles. The van der Waals surface area contributed by atoms with Gasteiger partial charge in [0.25, 0.3) is 11.6 Å². The van der Waals surface area contributed by atoms with Gasteiger partial charge in [-0.1, -0.05) is 17.7 Å². The number of benzene rings is 2. The number of rotatable bonds is 4. The molecule has 2 aliphatic rings. The van der Waals surface area contributed by atoms with Gasteiger partial charge >= 0.3 is 0 Å². The zero-order chi connectivity index (χ0) is 20.5. The van der Waals surface area contributed by atoms with Crippen LogP contribution in [0.15, 0.2) is 30.3 Å². The minimum Gasteiger partial charge on any atom is -0.493 e. The zero-order valence-electron chi connectivity index (χ0n) is 16.7. The molecule has 0 spiro atoms. The number of anilines is 1. The van der Waals surface area contributed by atoms with E-state index in [2.05, 4.69) is 11.4 Å². The average molecular weight is 395 g/mol. The van der Waals surface area contributed by atoms with Gasteiger partial charge in [-0.3, -0.25) is 14.9 Å². The monoisotopic (exact) mass is 395 g/mol. The summed E-state index contributed by atoms with van der Waals surface area (Å²) in [5.74, 6) is 0.514. The number of hydrogen-bond donors (Lipinski definition) is 1. The summed E-state index contributed by atoms with van der Waals surface area (Å²) in [6.07, 6.45) is 2.72. The van der Waals surface area contributed by atoms with Crippen LogP contribution in [0.4, 0.5) is 11.4 Å². The molecule has 7 nitrogen and oxygen atoms in total. The van der Waals surface area contributed by atoms with Crippen LogP contribution in [0.3, 0.4) is 0 Å². The van der Waals surface area contributed by atoms with Crippen LogP contribution in [-0.2, 0) is 0 Å². The maximum absolute atomic E-state index is 12.9. The van der Waals surface area contributed by atoms with E-state index in [9.17, 15) is 14.9 Å². The van der Waals surface area contributed by atoms with Crippen molar-refractivity contribution >= 4 is 17.3 Å². The Morgan fingerprint density at radius 3 is 2.69 bits per heavy atom. The first kappa shape index (κ1) is 19.2. The Bertz CT molecular complexity index is 967. The molecule has 1 fully saturated rings. The van der Waals surface area contributed by atoms with Gasteiger partial charge in [-0.25, -0.2) is 0 Å². The Hall–Kier alpha value is -3.09. The number of nitro benzene ring substituents is 1. The molecule has 1 N–H and O–H groups in total. The minimum absolute atomic E-state index is 0.0152. The zero-order valence-corrected chi connectivity index (χ0v) is 16.7. The summed E-state index contributed by atoms with van der Waals surface area (Å²) in [6, 6.07) is 8.68. The Morgan fingerprint density at radius 1 is 1.21 bits per heavy atom. The van der Waals surface area contributed by atoms with Crippen LogP contribution in [0.1, 0.15) is 52.4 Å².